The first kappa shape index (κ1) is 22.5. The molecule has 2 heterocycles. The number of hydrogen-bond acceptors (Lipinski definition) is 8. The molecule has 0 fully saturated rings. The van der Waals surface area contributed by atoms with E-state index in [0.717, 1.165) is 23.4 Å². The van der Waals surface area contributed by atoms with Gasteiger partial charge in [0, 0.05) is 18.7 Å². The van der Waals surface area contributed by atoms with Crippen molar-refractivity contribution < 1.29 is 14.3 Å². The van der Waals surface area contributed by atoms with Crippen molar-refractivity contribution in [2.45, 2.75) is 25.5 Å². The second kappa shape index (κ2) is 10.3. The molecule has 0 bridgehead atoms. The normalized spacial score (nSPS) is 11.0. The summed E-state index contributed by atoms with van der Waals surface area (Å²) in [5, 5.41) is 12.2. The van der Waals surface area contributed by atoms with Gasteiger partial charge in [-0.15, -0.1) is 0 Å². The zero-order valence-electron chi connectivity index (χ0n) is 18.0. The molecular formula is C21H26N6O3S. The predicted octanol–water partition coefficient (Wildman–Crippen LogP) is 2.83. The highest BCUT2D eigenvalue weighted by Crippen LogP contribution is 2.23. The van der Waals surface area contributed by atoms with Gasteiger partial charge in [0.2, 0.25) is 0 Å². The van der Waals surface area contributed by atoms with Gasteiger partial charge in [-0.25, -0.2) is 19.4 Å². The molecule has 0 aliphatic carbocycles. The molecule has 31 heavy (non-hydrogen) atoms. The van der Waals surface area contributed by atoms with Gasteiger partial charge in [0.1, 0.15) is 5.82 Å². The molecule has 2 aromatic heterocycles. The molecule has 0 spiro atoms. The molecule has 9 nitrogen and oxygen atoms in total. The van der Waals surface area contributed by atoms with Gasteiger partial charge in [-0.3, -0.25) is 4.79 Å². The molecule has 2 N–H and O–H groups in total. The topological polar surface area (TPSA) is 111 Å². The van der Waals surface area contributed by atoms with Crippen LogP contribution in [0.2, 0.25) is 0 Å². The van der Waals surface area contributed by atoms with Crippen LogP contribution < -0.4 is 10.6 Å². The number of fused-ring (bicyclic) bond motifs is 1. The van der Waals surface area contributed by atoms with Crippen LogP contribution in [-0.2, 0) is 11.3 Å². The average Bonchev–Trinajstić information content (AvgIpc) is 3.19. The van der Waals surface area contributed by atoms with Gasteiger partial charge >= 0.3 is 5.97 Å². The molecular weight excluding hydrogens is 416 g/mol. The van der Waals surface area contributed by atoms with Crippen molar-refractivity contribution in [3.05, 3.63) is 41.6 Å². The predicted molar refractivity (Wildman–Crippen MR) is 121 cm³/mol. The lowest BCUT2D eigenvalue weighted by molar-refractivity contribution is 0.0600. The van der Waals surface area contributed by atoms with Crippen molar-refractivity contribution >= 4 is 40.5 Å². The van der Waals surface area contributed by atoms with Gasteiger partial charge < -0.3 is 15.4 Å². The van der Waals surface area contributed by atoms with E-state index in [1.54, 1.807) is 35.1 Å². The fourth-order valence-electron chi connectivity index (χ4n) is 2.88. The maximum atomic E-state index is 12.4. The van der Waals surface area contributed by atoms with Gasteiger partial charge in [-0.2, -0.15) is 5.10 Å². The van der Waals surface area contributed by atoms with E-state index in [1.807, 2.05) is 6.26 Å². The number of methoxy groups -OCH3 is 1. The number of benzene rings is 1. The quantitative estimate of drug-likeness (QED) is 0.296. The fraction of sp³-hybridized carbons (Fsp3) is 0.381. The third kappa shape index (κ3) is 5.52. The molecule has 0 radical (unpaired) electrons. The first-order valence-electron chi connectivity index (χ1n) is 9.91. The van der Waals surface area contributed by atoms with Gasteiger partial charge in [-0.1, -0.05) is 25.6 Å². The van der Waals surface area contributed by atoms with Crippen LogP contribution in [0.3, 0.4) is 0 Å². The van der Waals surface area contributed by atoms with E-state index in [4.69, 9.17) is 0 Å². The van der Waals surface area contributed by atoms with Crippen LogP contribution in [-0.4, -0.2) is 58.1 Å². The molecule has 0 atom stereocenters. The summed E-state index contributed by atoms with van der Waals surface area (Å²) in [6, 6.07) is 6.31. The second-order valence-corrected chi connectivity index (χ2v) is 8.04. The number of rotatable bonds is 9. The molecule has 3 rings (SSSR count). The highest BCUT2D eigenvalue weighted by atomic mass is 32.2. The largest absolute Gasteiger partial charge is 0.465 e. The molecule has 1 amide bonds. The third-order valence-corrected chi connectivity index (χ3v) is 5.06. The lowest BCUT2D eigenvalue weighted by atomic mass is 10.1. The Morgan fingerprint density at radius 2 is 1.87 bits per heavy atom. The zero-order valence-corrected chi connectivity index (χ0v) is 18.8. The minimum Gasteiger partial charge on any atom is -0.465 e. The van der Waals surface area contributed by atoms with E-state index in [0.29, 0.717) is 35.3 Å². The van der Waals surface area contributed by atoms with Crippen molar-refractivity contribution in [2.24, 2.45) is 5.92 Å². The third-order valence-electron chi connectivity index (χ3n) is 4.51. The zero-order chi connectivity index (χ0) is 22.4. The van der Waals surface area contributed by atoms with E-state index < -0.39 is 5.97 Å². The fourth-order valence-corrected chi connectivity index (χ4v) is 3.24. The molecule has 0 saturated heterocycles. The molecule has 10 heteroatoms. The van der Waals surface area contributed by atoms with Gasteiger partial charge in [-0.05, 0) is 36.4 Å². The molecule has 164 valence electrons. The van der Waals surface area contributed by atoms with Crippen molar-refractivity contribution in [1.29, 1.82) is 0 Å². The minimum atomic E-state index is -0.439. The Morgan fingerprint density at radius 1 is 1.16 bits per heavy atom. The molecule has 3 aromatic rings. The van der Waals surface area contributed by atoms with Crippen LogP contribution in [0.5, 0.6) is 0 Å². The Hall–Kier alpha value is -3.14. The van der Waals surface area contributed by atoms with Crippen molar-refractivity contribution in [1.82, 2.24) is 25.1 Å². The first-order valence-corrected chi connectivity index (χ1v) is 11.1. The molecule has 1 aromatic carbocycles. The maximum absolute atomic E-state index is 12.4. The number of anilines is 1. The summed E-state index contributed by atoms with van der Waals surface area (Å²) in [6.07, 6.45) is 3.68. The summed E-state index contributed by atoms with van der Waals surface area (Å²) in [4.78, 5) is 33.0. The number of esters is 1. The SMILES string of the molecule is COC(=O)c1ccc(C(=O)NCCn2ncc3c(NCC(C)C)nc(SC)nc32)cc1. The summed E-state index contributed by atoms with van der Waals surface area (Å²) in [5.74, 6) is 0.580. The Bertz CT molecular complexity index is 1060. The number of aromatic nitrogens is 4. The highest BCUT2D eigenvalue weighted by Gasteiger charge is 2.14. The number of carbonyl (C=O) groups excluding carboxylic acids is 2. The Labute approximate surface area is 185 Å². The van der Waals surface area contributed by atoms with Gasteiger partial charge in [0.25, 0.3) is 5.91 Å². The number of hydrogen-bond donors (Lipinski definition) is 2. The molecule has 0 aliphatic heterocycles. The first-order chi connectivity index (χ1) is 14.9. The minimum absolute atomic E-state index is 0.230. The van der Waals surface area contributed by atoms with Crippen LogP contribution in [0.15, 0.2) is 35.6 Å². The van der Waals surface area contributed by atoms with Gasteiger partial charge in [0.05, 0.1) is 30.8 Å². The van der Waals surface area contributed by atoms with E-state index in [-0.39, 0.29) is 5.91 Å². The number of carbonyl (C=O) groups is 2. The summed E-state index contributed by atoms with van der Waals surface area (Å²) in [5.41, 5.74) is 1.58. The van der Waals surface area contributed by atoms with Crippen LogP contribution in [0.1, 0.15) is 34.6 Å². The number of thioether (sulfide) groups is 1. The van der Waals surface area contributed by atoms with Crippen molar-refractivity contribution in [2.75, 3.05) is 31.8 Å². The molecule has 0 unspecified atom stereocenters. The van der Waals surface area contributed by atoms with Crippen molar-refractivity contribution in [3.8, 4) is 0 Å². The van der Waals surface area contributed by atoms with Crippen LogP contribution in [0, 0.1) is 5.92 Å². The van der Waals surface area contributed by atoms with Gasteiger partial charge in [0.15, 0.2) is 10.8 Å². The Balaban J connectivity index is 1.67. The van der Waals surface area contributed by atoms with E-state index >= 15 is 0 Å². The van der Waals surface area contributed by atoms with Crippen LogP contribution in [0.4, 0.5) is 5.82 Å². The van der Waals surface area contributed by atoms with Crippen molar-refractivity contribution in [3.63, 3.8) is 0 Å². The highest BCUT2D eigenvalue weighted by molar-refractivity contribution is 7.98. The maximum Gasteiger partial charge on any atom is 0.337 e. The van der Waals surface area contributed by atoms with E-state index in [1.165, 1.54) is 18.9 Å². The number of nitrogens with one attached hydrogen (secondary N) is 2. The summed E-state index contributed by atoms with van der Waals surface area (Å²) < 4.78 is 6.43. The lowest BCUT2D eigenvalue weighted by Gasteiger charge is -2.11. The Morgan fingerprint density at radius 3 is 2.52 bits per heavy atom. The average molecular weight is 443 g/mol. The molecule has 0 saturated carbocycles. The molecule has 0 aliphatic rings. The Kier molecular flexibility index (Phi) is 7.45. The van der Waals surface area contributed by atoms with E-state index in [9.17, 15) is 9.59 Å². The second-order valence-electron chi connectivity index (χ2n) is 7.26. The van der Waals surface area contributed by atoms with Crippen LogP contribution >= 0.6 is 11.8 Å². The smallest absolute Gasteiger partial charge is 0.337 e. The monoisotopic (exact) mass is 442 g/mol. The van der Waals surface area contributed by atoms with Crippen LogP contribution in [0.25, 0.3) is 11.0 Å². The lowest BCUT2D eigenvalue weighted by Crippen LogP contribution is -2.27. The standard InChI is InChI=1S/C21H26N6O3S/c1-13(2)11-23-17-16-12-24-27(18(16)26-21(25-17)31-4)10-9-22-19(28)14-5-7-15(8-6-14)20(29)30-3/h5-8,12-13H,9-11H2,1-4H3,(H,22,28)(H,23,25,26). The number of amides is 1. The van der Waals surface area contributed by atoms with E-state index in [2.05, 4.69) is 44.3 Å². The summed E-state index contributed by atoms with van der Waals surface area (Å²) in [6.45, 7) is 5.91. The number of ether oxygens (including phenoxy) is 1. The summed E-state index contributed by atoms with van der Waals surface area (Å²) in [7, 11) is 1.32. The number of nitrogens with zero attached hydrogens (tertiary/aromatic N) is 4. The summed E-state index contributed by atoms with van der Waals surface area (Å²) >= 11 is 1.47.